The van der Waals surface area contributed by atoms with Crippen LogP contribution >= 0.6 is 11.3 Å². The number of carbonyl (C=O) groups is 3. The van der Waals surface area contributed by atoms with Crippen molar-refractivity contribution in [2.45, 2.75) is 45.3 Å². The molecule has 1 aliphatic heterocycles. The second-order valence-electron chi connectivity index (χ2n) is 9.30. The van der Waals surface area contributed by atoms with E-state index in [2.05, 4.69) is 17.1 Å². The van der Waals surface area contributed by atoms with Crippen LogP contribution in [0.3, 0.4) is 0 Å². The summed E-state index contributed by atoms with van der Waals surface area (Å²) >= 11 is 1.42. The summed E-state index contributed by atoms with van der Waals surface area (Å²) in [4.78, 5) is 39.4. The van der Waals surface area contributed by atoms with Gasteiger partial charge >= 0.3 is 5.97 Å². The number of carbonyl (C=O) groups excluding carboxylic acids is 3. The standard InChI is InChI=1S/C16H24N2O3.C13H19NO4S/c1-3-4-5-6-15(20)13-7-9-14(10-8-13)18(12-19)11-16(21)17-2;1-16-10-11-2-3-12(19-11)13(15)18-9-6-14-4-7-17-8-5-14/h7-10,12,15,20H,3-6,11H2,1-2H3,(H,17,21);2-3H,4-10H2,1H3. The molecule has 0 radical (unpaired) electrons. The first-order chi connectivity index (χ1) is 19.4. The molecule has 3 rings (SSSR count). The monoisotopic (exact) mass is 577 g/mol. The summed E-state index contributed by atoms with van der Waals surface area (Å²) in [6, 6.07) is 10.8. The number of thiophene rings is 1. The highest BCUT2D eigenvalue weighted by Gasteiger charge is 2.14. The Labute approximate surface area is 241 Å². The van der Waals surface area contributed by atoms with Gasteiger partial charge in [0.1, 0.15) is 18.0 Å². The lowest BCUT2D eigenvalue weighted by molar-refractivity contribution is -0.120. The van der Waals surface area contributed by atoms with Crippen molar-refractivity contribution in [2.75, 3.05) is 65.1 Å². The van der Waals surface area contributed by atoms with E-state index in [4.69, 9.17) is 14.2 Å². The maximum Gasteiger partial charge on any atom is 0.348 e. The fraction of sp³-hybridized carbons (Fsp3) is 0.552. The van der Waals surface area contributed by atoms with E-state index in [1.807, 2.05) is 6.07 Å². The van der Waals surface area contributed by atoms with Gasteiger partial charge in [-0.2, -0.15) is 0 Å². The first-order valence-corrected chi connectivity index (χ1v) is 14.5. The van der Waals surface area contributed by atoms with Crippen molar-refractivity contribution in [1.82, 2.24) is 10.2 Å². The van der Waals surface area contributed by atoms with Crippen molar-refractivity contribution >= 4 is 35.3 Å². The van der Waals surface area contributed by atoms with Gasteiger partial charge in [-0.25, -0.2) is 4.79 Å². The average Bonchev–Trinajstić information content (AvgIpc) is 3.46. The molecule has 0 aliphatic carbocycles. The third-order valence-corrected chi connectivity index (χ3v) is 7.34. The van der Waals surface area contributed by atoms with Crippen LogP contribution < -0.4 is 10.2 Å². The minimum absolute atomic E-state index is 0.0155. The predicted molar refractivity (Wildman–Crippen MR) is 156 cm³/mol. The van der Waals surface area contributed by atoms with Crippen LogP contribution in [0.4, 0.5) is 5.69 Å². The van der Waals surface area contributed by atoms with Crippen molar-refractivity contribution in [3.05, 3.63) is 51.7 Å². The Morgan fingerprint density at radius 3 is 2.52 bits per heavy atom. The largest absolute Gasteiger partial charge is 0.460 e. The van der Waals surface area contributed by atoms with Crippen LogP contribution in [0.5, 0.6) is 0 Å². The molecular formula is C29H43N3O7S. The number of nitrogens with one attached hydrogen (secondary N) is 1. The van der Waals surface area contributed by atoms with Gasteiger partial charge in [-0.1, -0.05) is 38.3 Å². The molecule has 222 valence electrons. The number of hydrogen-bond acceptors (Lipinski definition) is 9. The summed E-state index contributed by atoms with van der Waals surface area (Å²) in [6.45, 7) is 7.19. The number of aliphatic hydroxyl groups excluding tert-OH is 1. The lowest BCUT2D eigenvalue weighted by atomic mass is 10.0. The van der Waals surface area contributed by atoms with Crippen molar-refractivity contribution < 1.29 is 33.7 Å². The molecule has 2 aromatic rings. The predicted octanol–water partition coefficient (Wildman–Crippen LogP) is 3.39. The molecule has 0 saturated carbocycles. The maximum atomic E-state index is 11.8. The highest BCUT2D eigenvalue weighted by molar-refractivity contribution is 7.13. The summed E-state index contributed by atoms with van der Waals surface area (Å²) in [5.74, 6) is -0.480. The van der Waals surface area contributed by atoms with Crippen molar-refractivity contribution in [1.29, 1.82) is 0 Å². The quantitative estimate of drug-likeness (QED) is 0.188. The Hall–Kier alpha value is -2.83. The molecule has 1 aromatic carbocycles. The number of amides is 2. The van der Waals surface area contributed by atoms with Crippen LogP contribution in [0, 0.1) is 0 Å². The van der Waals surface area contributed by atoms with Crippen LogP contribution in [0.25, 0.3) is 0 Å². The first kappa shape index (κ1) is 33.4. The molecule has 0 spiro atoms. The minimum atomic E-state index is -0.478. The fourth-order valence-electron chi connectivity index (χ4n) is 3.94. The van der Waals surface area contributed by atoms with Gasteiger partial charge in [0.05, 0.1) is 25.9 Å². The van der Waals surface area contributed by atoms with E-state index in [0.717, 1.165) is 69.0 Å². The molecule has 0 bridgehead atoms. The van der Waals surface area contributed by atoms with E-state index in [1.54, 1.807) is 37.4 Å². The highest BCUT2D eigenvalue weighted by Crippen LogP contribution is 2.23. The molecule has 10 nitrogen and oxygen atoms in total. The molecule has 40 heavy (non-hydrogen) atoms. The average molecular weight is 578 g/mol. The second-order valence-corrected chi connectivity index (χ2v) is 10.5. The molecule has 1 unspecified atom stereocenters. The number of ether oxygens (including phenoxy) is 3. The zero-order chi connectivity index (χ0) is 29.2. The second kappa shape index (κ2) is 19.3. The van der Waals surface area contributed by atoms with Crippen LogP contribution in [-0.2, 0) is 30.4 Å². The van der Waals surface area contributed by atoms with E-state index in [-0.39, 0.29) is 18.4 Å². The van der Waals surface area contributed by atoms with Crippen LogP contribution in [0.2, 0.25) is 0 Å². The Morgan fingerprint density at radius 2 is 1.90 bits per heavy atom. The van der Waals surface area contributed by atoms with E-state index < -0.39 is 6.10 Å². The lowest BCUT2D eigenvalue weighted by Crippen LogP contribution is -2.38. The number of anilines is 1. The van der Waals surface area contributed by atoms with Gasteiger partial charge in [0, 0.05) is 44.4 Å². The van der Waals surface area contributed by atoms with E-state index >= 15 is 0 Å². The zero-order valence-corrected chi connectivity index (χ0v) is 24.6. The van der Waals surface area contributed by atoms with E-state index in [9.17, 15) is 19.5 Å². The van der Waals surface area contributed by atoms with Gasteiger partial charge in [-0.15, -0.1) is 11.3 Å². The number of benzene rings is 1. The zero-order valence-electron chi connectivity index (χ0n) is 23.8. The first-order valence-electron chi connectivity index (χ1n) is 13.7. The Kier molecular flexibility index (Phi) is 16.1. The smallest absolute Gasteiger partial charge is 0.348 e. The fourth-order valence-corrected chi connectivity index (χ4v) is 4.81. The summed E-state index contributed by atoms with van der Waals surface area (Å²) in [5.41, 5.74) is 1.47. The van der Waals surface area contributed by atoms with Crippen molar-refractivity contribution in [3.8, 4) is 0 Å². The number of esters is 1. The van der Waals surface area contributed by atoms with E-state index in [0.29, 0.717) is 30.2 Å². The molecule has 2 amide bonds. The topological polar surface area (TPSA) is 118 Å². The van der Waals surface area contributed by atoms with Gasteiger partial charge in [0.2, 0.25) is 12.3 Å². The number of morpholine rings is 1. The molecule has 11 heteroatoms. The van der Waals surface area contributed by atoms with Gasteiger partial charge in [-0.05, 0) is 36.2 Å². The number of hydrogen-bond donors (Lipinski definition) is 2. The molecular weight excluding hydrogens is 534 g/mol. The third-order valence-electron chi connectivity index (χ3n) is 6.30. The summed E-state index contributed by atoms with van der Waals surface area (Å²) in [5, 5.41) is 12.5. The SMILES string of the molecule is CCCCCC(O)c1ccc(N(C=O)CC(=O)NC)cc1.COCc1ccc(C(=O)OCCN2CCOCC2)s1. The number of methoxy groups -OCH3 is 1. The van der Waals surface area contributed by atoms with E-state index in [1.165, 1.54) is 23.3 Å². The maximum absolute atomic E-state index is 11.8. The molecule has 1 aromatic heterocycles. The van der Waals surface area contributed by atoms with Crippen LogP contribution in [-0.4, -0.2) is 88.5 Å². The van der Waals surface area contributed by atoms with Gasteiger partial charge < -0.3 is 29.5 Å². The summed E-state index contributed by atoms with van der Waals surface area (Å²) < 4.78 is 15.6. The van der Waals surface area contributed by atoms with Crippen LogP contribution in [0.1, 0.15) is 58.8 Å². The number of likely N-dealkylation sites (N-methyl/N-ethyl adjacent to an activating group) is 1. The number of nitrogens with zero attached hydrogens (tertiary/aromatic N) is 2. The molecule has 2 N–H and O–H groups in total. The molecule has 2 heterocycles. The summed E-state index contributed by atoms with van der Waals surface area (Å²) in [7, 11) is 3.17. The minimum Gasteiger partial charge on any atom is -0.460 e. The molecule has 1 fully saturated rings. The Bertz CT molecular complexity index is 1010. The lowest BCUT2D eigenvalue weighted by Gasteiger charge is -2.26. The van der Waals surface area contributed by atoms with Crippen molar-refractivity contribution in [3.63, 3.8) is 0 Å². The number of unbranched alkanes of at least 4 members (excludes halogenated alkanes) is 2. The highest BCUT2D eigenvalue weighted by atomic mass is 32.1. The van der Waals surface area contributed by atoms with Crippen LogP contribution in [0.15, 0.2) is 36.4 Å². The Morgan fingerprint density at radius 1 is 1.18 bits per heavy atom. The number of rotatable bonds is 15. The van der Waals surface area contributed by atoms with Gasteiger partial charge in [-0.3, -0.25) is 14.5 Å². The Balaban J connectivity index is 0.000000281. The number of aliphatic hydroxyl groups is 1. The third kappa shape index (κ3) is 12.1. The van der Waals surface area contributed by atoms with Gasteiger partial charge in [0.15, 0.2) is 0 Å². The summed E-state index contributed by atoms with van der Waals surface area (Å²) in [6.07, 6.45) is 4.12. The normalized spacial score (nSPS) is 14.0. The molecule has 1 saturated heterocycles. The van der Waals surface area contributed by atoms with Crippen molar-refractivity contribution in [2.24, 2.45) is 0 Å². The van der Waals surface area contributed by atoms with Gasteiger partial charge in [0.25, 0.3) is 0 Å². The molecule has 1 aliphatic rings. The molecule has 1 atom stereocenters.